The minimum Gasteiger partial charge on any atom is -0.468 e. The Morgan fingerprint density at radius 1 is 1.50 bits per heavy atom. The standard InChI is InChI=1S/C18H26N4O2/c1-13(10-16-11-14(2)20-21-16)19-18(23)15-5-7-22(8-6-15)12-17-4-3-9-24-17/h3-4,9,11,13,15H,5-8,10,12H2,1-2H3,(H,19,23)(H,20,21)/t13-/m1/s1. The summed E-state index contributed by atoms with van der Waals surface area (Å²) in [6, 6.07) is 6.03. The van der Waals surface area contributed by atoms with Gasteiger partial charge in [0.25, 0.3) is 0 Å². The molecule has 0 aromatic carbocycles. The fourth-order valence-electron chi connectivity index (χ4n) is 3.28. The molecule has 0 spiro atoms. The molecule has 130 valence electrons. The van der Waals surface area contributed by atoms with Crippen molar-refractivity contribution in [2.75, 3.05) is 13.1 Å². The second-order valence-electron chi connectivity index (χ2n) is 6.79. The molecule has 0 unspecified atom stereocenters. The lowest BCUT2D eigenvalue weighted by atomic mass is 9.95. The molecule has 1 fully saturated rings. The average molecular weight is 330 g/mol. The van der Waals surface area contributed by atoms with Gasteiger partial charge in [0.15, 0.2) is 0 Å². The van der Waals surface area contributed by atoms with E-state index in [0.717, 1.165) is 56.0 Å². The van der Waals surface area contributed by atoms with Crippen molar-refractivity contribution in [1.29, 1.82) is 0 Å². The van der Waals surface area contributed by atoms with Crippen molar-refractivity contribution in [3.63, 3.8) is 0 Å². The molecule has 1 aliphatic rings. The first-order valence-electron chi connectivity index (χ1n) is 8.66. The lowest BCUT2D eigenvalue weighted by Crippen LogP contribution is -2.43. The van der Waals surface area contributed by atoms with Gasteiger partial charge in [0.1, 0.15) is 5.76 Å². The third kappa shape index (κ3) is 4.47. The van der Waals surface area contributed by atoms with E-state index in [1.807, 2.05) is 32.0 Å². The van der Waals surface area contributed by atoms with Crippen molar-refractivity contribution in [3.05, 3.63) is 41.6 Å². The molecule has 3 rings (SSSR count). The van der Waals surface area contributed by atoms with Crippen LogP contribution in [-0.2, 0) is 17.8 Å². The minimum absolute atomic E-state index is 0.0985. The first-order valence-corrected chi connectivity index (χ1v) is 8.66. The molecule has 2 aromatic rings. The van der Waals surface area contributed by atoms with Crippen LogP contribution >= 0.6 is 0 Å². The number of nitrogens with one attached hydrogen (secondary N) is 2. The maximum Gasteiger partial charge on any atom is 0.223 e. The van der Waals surface area contributed by atoms with Crippen LogP contribution in [0.4, 0.5) is 0 Å². The molecule has 1 amide bonds. The van der Waals surface area contributed by atoms with Crippen LogP contribution < -0.4 is 5.32 Å². The van der Waals surface area contributed by atoms with Gasteiger partial charge in [-0.2, -0.15) is 5.10 Å². The number of aryl methyl sites for hydroxylation is 1. The van der Waals surface area contributed by atoms with Crippen molar-refractivity contribution in [2.45, 2.75) is 45.7 Å². The molecule has 0 radical (unpaired) electrons. The van der Waals surface area contributed by atoms with E-state index >= 15 is 0 Å². The van der Waals surface area contributed by atoms with Gasteiger partial charge in [0, 0.05) is 24.1 Å². The van der Waals surface area contributed by atoms with Crippen LogP contribution in [-0.4, -0.2) is 40.1 Å². The van der Waals surface area contributed by atoms with E-state index < -0.39 is 0 Å². The maximum absolute atomic E-state index is 12.5. The first-order chi connectivity index (χ1) is 11.6. The number of furan rings is 1. The highest BCUT2D eigenvalue weighted by Gasteiger charge is 2.26. The molecule has 2 aromatic heterocycles. The van der Waals surface area contributed by atoms with Gasteiger partial charge >= 0.3 is 0 Å². The molecule has 2 N–H and O–H groups in total. The Morgan fingerprint density at radius 3 is 2.92 bits per heavy atom. The van der Waals surface area contributed by atoms with Crippen LogP contribution in [0.2, 0.25) is 0 Å². The van der Waals surface area contributed by atoms with E-state index in [2.05, 4.69) is 20.4 Å². The van der Waals surface area contributed by atoms with Crippen LogP contribution in [0.25, 0.3) is 0 Å². The molecular formula is C18H26N4O2. The molecule has 6 nitrogen and oxygen atoms in total. The molecule has 0 bridgehead atoms. The highest BCUT2D eigenvalue weighted by molar-refractivity contribution is 5.79. The topological polar surface area (TPSA) is 74.2 Å². The quantitative estimate of drug-likeness (QED) is 0.852. The Bertz CT molecular complexity index is 642. The van der Waals surface area contributed by atoms with Crippen molar-refractivity contribution >= 4 is 5.91 Å². The second-order valence-corrected chi connectivity index (χ2v) is 6.79. The summed E-state index contributed by atoms with van der Waals surface area (Å²) in [5.74, 6) is 1.27. The number of hydrogen-bond donors (Lipinski definition) is 2. The zero-order valence-corrected chi connectivity index (χ0v) is 14.4. The van der Waals surface area contributed by atoms with E-state index in [1.54, 1.807) is 6.26 Å². The number of carbonyl (C=O) groups excluding carboxylic acids is 1. The molecule has 0 aliphatic carbocycles. The number of aromatic amines is 1. The lowest BCUT2D eigenvalue weighted by molar-refractivity contribution is -0.127. The van der Waals surface area contributed by atoms with E-state index in [0.29, 0.717) is 0 Å². The van der Waals surface area contributed by atoms with Crippen LogP contribution in [0.3, 0.4) is 0 Å². The van der Waals surface area contributed by atoms with Gasteiger partial charge in [-0.1, -0.05) is 0 Å². The van der Waals surface area contributed by atoms with E-state index in [4.69, 9.17) is 4.42 Å². The second kappa shape index (κ2) is 7.66. The molecule has 1 atom stereocenters. The van der Waals surface area contributed by atoms with Gasteiger partial charge in [-0.25, -0.2) is 0 Å². The summed E-state index contributed by atoms with van der Waals surface area (Å²) in [5.41, 5.74) is 2.04. The van der Waals surface area contributed by atoms with Gasteiger partial charge in [-0.15, -0.1) is 0 Å². The smallest absolute Gasteiger partial charge is 0.223 e. The predicted molar refractivity (Wildman–Crippen MR) is 91.3 cm³/mol. The Kier molecular flexibility index (Phi) is 5.35. The third-order valence-corrected chi connectivity index (χ3v) is 4.58. The summed E-state index contributed by atoms with van der Waals surface area (Å²) in [6.45, 7) is 6.72. The Morgan fingerprint density at radius 2 is 2.29 bits per heavy atom. The predicted octanol–water partition coefficient (Wildman–Crippen LogP) is 2.27. The number of carbonyl (C=O) groups is 1. The minimum atomic E-state index is 0.0985. The summed E-state index contributed by atoms with van der Waals surface area (Å²) in [4.78, 5) is 14.8. The van der Waals surface area contributed by atoms with Gasteiger partial charge in [0.2, 0.25) is 5.91 Å². The summed E-state index contributed by atoms with van der Waals surface area (Å²) < 4.78 is 5.39. The molecule has 24 heavy (non-hydrogen) atoms. The van der Waals surface area contributed by atoms with Crippen molar-refractivity contribution in [3.8, 4) is 0 Å². The summed E-state index contributed by atoms with van der Waals surface area (Å²) in [6.07, 6.45) is 4.27. The number of rotatable bonds is 6. The van der Waals surface area contributed by atoms with Gasteiger partial charge < -0.3 is 9.73 Å². The Labute approximate surface area is 142 Å². The normalized spacial score (nSPS) is 17.8. The molecule has 1 saturated heterocycles. The number of H-pyrrole nitrogens is 1. The summed E-state index contributed by atoms with van der Waals surface area (Å²) in [7, 11) is 0. The highest BCUT2D eigenvalue weighted by atomic mass is 16.3. The number of nitrogens with zero attached hydrogens (tertiary/aromatic N) is 2. The number of amides is 1. The van der Waals surface area contributed by atoms with Crippen LogP contribution in [0.5, 0.6) is 0 Å². The number of piperidine rings is 1. The molecular weight excluding hydrogens is 304 g/mol. The highest BCUT2D eigenvalue weighted by Crippen LogP contribution is 2.19. The van der Waals surface area contributed by atoms with Crippen LogP contribution in [0.15, 0.2) is 28.9 Å². The fourth-order valence-corrected chi connectivity index (χ4v) is 3.28. The van der Waals surface area contributed by atoms with Gasteiger partial charge in [-0.3, -0.25) is 14.8 Å². The fraction of sp³-hybridized carbons (Fsp3) is 0.556. The summed E-state index contributed by atoms with van der Waals surface area (Å²) >= 11 is 0. The molecule has 1 aliphatic heterocycles. The van der Waals surface area contributed by atoms with Gasteiger partial charge in [0.05, 0.1) is 18.5 Å². The lowest BCUT2D eigenvalue weighted by Gasteiger charge is -2.31. The first kappa shape index (κ1) is 16.8. The third-order valence-electron chi connectivity index (χ3n) is 4.58. The number of hydrogen-bond acceptors (Lipinski definition) is 4. The average Bonchev–Trinajstić information content (AvgIpc) is 3.20. The van der Waals surface area contributed by atoms with Crippen LogP contribution in [0.1, 0.15) is 36.9 Å². The largest absolute Gasteiger partial charge is 0.468 e. The number of aromatic nitrogens is 2. The van der Waals surface area contributed by atoms with Crippen molar-refractivity contribution in [1.82, 2.24) is 20.4 Å². The maximum atomic E-state index is 12.5. The van der Waals surface area contributed by atoms with Crippen LogP contribution in [0, 0.1) is 12.8 Å². The van der Waals surface area contributed by atoms with Gasteiger partial charge in [-0.05, 0) is 58.0 Å². The van der Waals surface area contributed by atoms with Crippen molar-refractivity contribution in [2.24, 2.45) is 5.92 Å². The molecule has 0 saturated carbocycles. The summed E-state index contributed by atoms with van der Waals surface area (Å²) in [5, 5.41) is 10.3. The zero-order chi connectivity index (χ0) is 16.9. The van der Waals surface area contributed by atoms with Crippen molar-refractivity contribution < 1.29 is 9.21 Å². The van der Waals surface area contributed by atoms with E-state index in [9.17, 15) is 4.79 Å². The zero-order valence-electron chi connectivity index (χ0n) is 14.4. The monoisotopic (exact) mass is 330 g/mol. The van der Waals surface area contributed by atoms with E-state index in [1.165, 1.54) is 0 Å². The molecule has 6 heteroatoms. The molecule has 3 heterocycles. The number of likely N-dealkylation sites (tertiary alicyclic amines) is 1. The van der Waals surface area contributed by atoms with E-state index in [-0.39, 0.29) is 17.9 Å². The Hall–Kier alpha value is -2.08. The SMILES string of the molecule is Cc1cc(C[C@@H](C)NC(=O)C2CCN(Cc3ccco3)CC2)n[nH]1. The Balaban J connectivity index is 1.41.